The van der Waals surface area contributed by atoms with Crippen LogP contribution in [0.2, 0.25) is 0 Å². The predicted molar refractivity (Wildman–Crippen MR) is 138 cm³/mol. The minimum Gasteiger partial charge on any atom is -0.396 e. The van der Waals surface area contributed by atoms with Crippen LogP contribution in [-0.4, -0.2) is 39.9 Å². The van der Waals surface area contributed by atoms with Gasteiger partial charge in [-0.1, -0.05) is 49.3 Å². The standard InChI is InChI=1S/C29H39N3O3/c1-20-18-32(19-30-20)27-12-11-23(17-29(27,3)35-4)16-25(15-22-9-10-22)28(34)31-21(2)26-8-6-5-7-24(26)13-14-33/h5-8,11-12,17-19,21-22,25,27,33H,9-10,13-16H2,1-4H3,(H,31,34). The van der Waals surface area contributed by atoms with E-state index in [1.165, 1.54) is 12.8 Å². The maximum Gasteiger partial charge on any atom is 0.223 e. The lowest BCUT2D eigenvalue weighted by Gasteiger charge is -2.36. The summed E-state index contributed by atoms with van der Waals surface area (Å²) in [6.45, 7) is 6.20. The lowest BCUT2D eigenvalue weighted by molar-refractivity contribution is -0.126. The van der Waals surface area contributed by atoms with E-state index >= 15 is 0 Å². The number of nitrogens with zero attached hydrogens (tertiary/aromatic N) is 2. The molecule has 2 N–H and O–H groups in total. The Hall–Kier alpha value is -2.70. The van der Waals surface area contributed by atoms with Crippen molar-refractivity contribution in [1.29, 1.82) is 0 Å². The number of ether oxygens (including phenoxy) is 1. The summed E-state index contributed by atoms with van der Waals surface area (Å²) < 4.78 is 8.07. The van der Waals surface area contributed by atoms with Gasteiger partial charge in [-0.2, -0.15) is 0 Å². The van der Waals surface area contributed by atoms with Gasteiger partial charge in [0, 0.05) is 25.8 Å². The number of hydrogen-bond donors (Lipinski definition) is 2. The second-order valence-electron chi connectivity index (χ2n) is 10.4. The van der Waals surface area contributed by atoms with Gasteiger partial charge >= 0.3 is 0 Å². The van der Waals surface area contributed by atoms with Crippen molar-refractivity contribution >= 4 is 5.91 Å². The molecular formula is C29H39N3O3. The fourth-order valence-corrected chi connectivity index (χ4v) is 5.24. The zero-order chi connectivity index (χ0) is 25.0. The van der Waals surface area contributed by atoms with Gasteiger partial charge in [0.1, 0.15) is 5.60 Å². The summed E-state index contributed by atoms with van der Waals surface area (Å²) in [6.07, 6.45) is 15.0. The molecule has 0 spiro atoms. The molecule has 35 heavy (non-hydrogen) atoms. The Morgan fingerprint density at radius 2 is 2.11 bits per heavy atom. The molecule has 188 valence electrons. The molecule has 1 amide bonds. The van der Waals surface area contributed by atoms with Gasteiger partial charge in [-0.3, -0.25) is 4.79 Å². The van der Waals surface area contributed by atoms with Crippen molar-refractivity contribution in [3.63, 3.8) is 0 Å². The lowest BCUT2D eigenvalue weighted by Crippen LogP contribution is -2.38. The SMILES string of the molecule is COC1(C)C=C(CC(CC2CC2)C(=O)NC(C)c2ccccc2CCO)C=CC1n1cnc(C)c1. The normalized spacial score (nSPS) is 23.6. The first-order valence-electron chi connectivity index (χ1n) is 12.8. The number of imidazole rings is 1. The summed E-state index contributed by atoms with van der Waals surface area (Å²) in [6, 6.07) is 7.93. The van der Waals surface area contributed by atoms with Gasteiger partial charge in [0.2, 0.25) is 5.91 Å². The molecule has 4 atom stereocenters. The Morgan fingerprint density at radius 3 is 2.77 bits per heavy atom. The van der Waals surface area contributed by atoms with Crippen molar-refractivity contribution in [2.24, 2.45) is 11.8 Å². The molecule has 2 aliphatic carbocycles. The summed E-state index contributed by atoms with van der Waals surface area (Å²) in [5.41, 5.74) is 3.74. The number of nitrogens with one attached hydrogen (secondary N) is 1. The number of carbonyl (C=O) groups is 1. The van der Waals surface area contributed by atoms with Gasteiger partial charge in [0.15, 0.2) is 0 Å². The number of aryl methyl sites for hydroxylation is 1. The number of methoxy groups -OCH3 is 1. The first kappa shape index (κ1) is 25.4. The van der Waals surface area contributed by atoms with Gasteiger partial charge in [-0.25, -0.2) is 4.98 Å². The summed E-state index contributed by atoms with van der Waals surface area (Å²) in [4.78, 5) is 17.9. The van der Waals surface area contributed by atoms with Crippen LogP contribution in [0, 0.1) is 18.8 Å². The van der Waals surface area contributed by atoms with Gasteiger partial charge in [0.05, 0.1) is 24.1 Å². The highest BCUT2D eigenvalue weighted by Crippen LogP contribution is 2.40. The van der Waals surface area contributed by atoms with Crippen LogP contribution < -0.4 is 5.32 Å². The second kappa shape index (κ2) is 10.9. The van der Waals surface area contributed by atoms with Crippen LogP contribution in [0.1, 0.15) is 68.4 Å². The number of aromatic nitrogens is 2. The molecule has 4 unspecified atom stereocenters. The van der Waals surface area contributed by atoms with Crippen molar-refractivity contribution in [3.8, 4) is 0 Å². The summed E-state index contributed by atoms with van der Waals surface area (Å²) in [5.74, 6) is 0.661. The van der Waals surface area contributed by atoms with Crippen LogP contribution in [0.25, 0.3) is 0 Å². The van der Waals surface area contributed by atoms with E-state index < -0.39 is 5.60 Å². The maximum atomic E-state index is 13.5. The number of benzene rings is 1. The average Bonchev–Trinajstić information content (AvgIpc) is 3.56. The smallest absolute Gasteiger partial charge is 0.223 e. The van der Waals surface area contributed by atoms with E-state index in [1.54, 1.807) is 7.11 Å². The van der Waals surface area contributed by atoms with E-state index in [2.05, 4.69) is 40.0 Å². The first-order chi connectivity index (χ1) is 16.8. The molecule has 6 nitrogen and oxygen atoms in total. The second-order valence-corrected chi connectivity index (χ2v) is 10.4. The van der Waals surface area contributed by atoms with Crippen molar-refractivity contribution in [2.45, 2.75) is 70.6 Å². The van der Waals surface area contributed by atoms with Crippen molar-refractivity contribution in [3.05, 3.63) is 77.4 Å². The Labute approximate surface area is 209 Å². The fraction of sp³-hybridized carbons (Fsp3) is 0.517. The highest BCUT2D eigenvalue weighted by atomic mass is 16.5. The van der Waals surface area contributed by atoms with Crippen LogP contribution in [0.4, 0.5) is 0 Å². The van der Waals surface area contributed by atoms with Crippen LogP contribution >= 0.6 is 0 Å². The number of allylic oxidation sites excluding steroid dienone is 2. The molecule has 1 fully saturated rings. The Morgan fingerprint density at radius 1 is 1.34 bits per heavy atom. The lowest BCUT2D eigenvalue weighted by atomic mass is 9.83. The van der Waals surface area contributed by atoms with Crippen LogP contribution in [0.5, 0.6) is 0 Å². The highest BCUT2D eigenvalue weighted by Gasteiger charge is 2.36. The van der Waals surface area contributed by atoms with E-state index in [9.17, 15) is 9.90 Å². The van der Waals surface area contributed by atoms with Gasteiger partial charge in [-0.05, 0) is 68.7 Å². The first-order valence-corrected chi connectivity index (χ1v) is 12.8. The molecule has 0 saturated heterocycles. The fourth-order valence-electron chi connectivity index (χ4n) is 5.24. The van der Waals surface area contributed by atoms with Crippen LogP contribution in [-0.2, 0) is 16.0 Å². The molecule has 1 heterocycles. The predicted octanol–water partition coefficient (Wildman–Crippen LogP) is 4.85. The molecule has 1 saturated carbocycles. The Bertz CT molecular complexity index is 1080. The molecule has 1 aromatic heterocycles. The highest BCUT2D eigenvalue weighted by molar-refractivity contribution is 5.79. The summed E-state index contributed by atoms with van der Waals surface area (Å²) >= 11 is 0. The number of amides is 1. The average molecular weight is 478 g/mol. The number of hydrogen-bond acceptors (Lipinski definition) is 4. The molecule has 2 aliphatic rings. The molecule has 2 aromatic rings. The van der Waals surface area contributed by atoms with Crippen LogP contribution in [0.3, 0.4) is 0 Å². The summed E-state index contributed by atoms with van der Waals surface area (Å²) in [5, 5.41) is 12.7. The summed E-state index contributed by atoms with van der Waals surface area (Å²) in [7, 11) is 1.74. The number of aliphatic hydroxyl groups is 1. The zero-order valence-electron chi connectivity index (χ0n) is 21.4. The van der Waals surface area contributed by atoms with E-state index in [1.807, 2.05) is 50.6 Å². The zero-order valence-corrected chi connectivity index (χ0v) is 21.4. The topological polar surface area (TPSA) is 76.4 Å². The van der Waals surface area contributed by atoms with Gasteiger partial charge in [0.25, 0.3) is 0 Å². The molecule has 0 bridgehead atoms. The monoisotopic (exact) mass is 477 g/mol. The third-order valence-corrected chi connectivity index (χ3v) is 7.47. The quantitative estimate of drug-likeness (QED) is 0.485. The minimum absolute atomic E-state index is 0.0104. The van der Waals surface area contributed by atoms with Crippen LogP contribution in [0.15, 0.2) is 60.6 Å². The van der Waals surface area contributed by atoms with Gasteiger partial charge < -0.3 is 19.7 Å². The Balaban J connectivity index is 1.49. The Kier molecular flexibility index (Phi) is 7.92. The molecule has 1 aromatic carbocycles. The van der Waals surface area contributed by atoms with E-state index in [-0.39, 0.29) is 30.5 Å². The molecular weight excluding hydrogens is 438 g/mol. The third kappa shape index (κ3) is 6.11. The van der Waals surface area contributed by atoms with Gasteiger partial charge in [-0.15, -0.1) is 0 Å². The molecule has 4 rings (SSSR count). The van der Waals surface area contributed by atoms with E-state index in [0.717, 1.165) is 28.8 Å². The largest absolute Gasteiger partial charge is 0.396 e. The van der Waals surface area contributed by atoms with Crippen molar-refractivity contribution in [2.75, 3.05) is 13.7 Å². The molecule has 6 heteroatoms. The van der Waals surface area contributed by atoms with E-state index in [4.69, 9.17) is 4.74 Å². The number of carbonyl (C=O) groups excluding carboxylic acids is 1. The molecule has 0 aliphatic heterocycles. The van der Waals surface area contributed by atoms with E-state index in [0.29, 0.717) is 18.8 Å². The third-order valence-electron chi connectivity index (χ3n) is 7.47. The minimum atomic E-state index is -0.519. The maximum absolute atomic E-state index is 13.5. The number of aliphatic hydroxyl groups excluding tert-OH is 1. The number of rotatable bonds is 11. The van der Waals surface area contributed by atoms with Crippen molar-refractivity contribution in [1.82, 2.24) is 14.9 Å². The van der Waals surface area contributed by atoms with Crippen molar-refractivity contribution < 1.29 is 14.6 Å². The molecule has 0 radical (unpaired) electrons.